The van der Waals surface area contributed by atoms with Gasteiger partial charge in [-0.2, -0.15) is 0 Å². The Kier molecular flexibility index (Phi) is 7.97. The third kappa shape index (κ3) is 5.89. The Bertz CT molecular complexity index is 1310. The summed E-state index contributed by atoms with van der Waals surface area (Å²) >= 11 is 0. The molecule has 0 amide bonds. The molecular weight excluding hydrogens is 481 g/mol. The Balaban J connectivity index is 1.46. The Hall–Kier alpha value is -3.34. The molecular formula is C26H28FN5O3S. The van der Waals surface area contributed by atoms with E-state index in [9.17, 15) is 8.60 Å². The van der Waals surface area contributed by atoms with Crippen LogP contribution in [0.1, 0.15) is 36.4 Å². The summed E-state index contributed by atoms with van der Waals surface area (Å²) in [6.07, 6.45) is 1.58. The molecule has 0 saturated carbocycles. The maximum absolute atomic E-state index is 14.7. The number of benzene rings is 2. The second kappa shape index (κ2) is 11.2. The van der Waals surface area contributed by atoms with Crippen molar-refractivity contribution in [2.24, 2.45) is 0 Å². The van der Waals surface area contributed by atoms with Gasteiger partial charge in [0.05, 0.1) is 53.2 Å². The van der Waals surface area contributed by atoms with Crippen molar-refractivity contribution < 1.29 is 18.1 Å². The normalized spacial score (nSPS) is 14.4. The highest BCUT2D eigenvalue weighted by Crippen LogP contribution is 2.21. The molecule has 3 aromatic rings. The van der Waals surface area contributed by atoms with Crippen LogP contribution in [0.15, 0.2) is 53.6 Å². The predicted molar refractivity (Wildman–Crippen MR) is 136 cm³/mol. The van der Waals surface area contributed by atoms with Crippen LogP contribution in [-0.2, 0) is 26.8 Å². The highest BCUT2D eigenvalue weighted by atomic mass is 32.2. The van der Waals surface area contributed by atoms with E-state index < -0.39 is 28.4 Å². The van der Waals surface area contributed by atoms with Gasteiger partial charge in [-0.3, -0.25) is 20.0 Å². The van der Waals surface area contributed by atoms with Gasteiger partial charge in [0, 0.05) is 22.3 Å². The van der Waals surface area contributed by atoms with E-state index >= 15 is 0 Å². The van der Waals surface area contributed by atoms with Crippen LogP contribution in [0.5, 0.6) is 0 Å². The van der Waals surface area contributed by atoms with Crippen molar-refractivity contribution >= 4 is 22.6 Å². The number of hydrogen-bond donors (Lipinski definition) is 3. The van der Waals surface area contributed by atoms with Crippen LogP contribution >= 0.6 is 0 Å². The van der Waals surface area contributed by atoms with Gasteiger partial charge in [-0.05, 0) is 36.8 Å². The topological polar surface area (TPSA) is 121 Å². The number of nitrogens with zero attached hydrogens (tertiary/aromatic N) is 2. The van der Waals surface area contributed by atoms with Gasteiger partial charge < -0.3 is 14.8 Å². The molecule has 0 spiro atoms. The number of nitrogens with one attached hydrogen (secondary N) is 3. The van der Waals surface area contributed by atoms with Crippen molar-refractivity contribution in [3.05, 3.63) is 77.0 Å². The molecule has 2 heterocycles. The predicted octanol–water partition coefficient (Wildman–Crippen LogP) is 3.96. The zero-order valence-corrected chi connectivity index (χ0v) is 21.1. The van der Waals surface area contributed by atoms with E-state index in [0.717, 1.165) is 16.0 Å². The molecule has 1 aromatic heterocycles. The summed E-state index contributed by atoms with van der Waals surface area (Å²) in [6, 6.07) is 12.0. The van der Waals surface area contributed by atoms with E-state index in [0.29, 0.717) is 31.1 Å². The minimum absolute atomic E-state index is 0.00898. The SMILES string of the molecule is Cc1ncc(-c2ccc(S(=O)C(C)C)cc2)nc1C(=N)OC(=N)c1ccc(CNC2COC2)cc1F. The first-order valence-corrected chi connectivity index (χ1v) is 12.7. The smallest absolute Gasteiger partial charge is 0.241 e. The van der Waals surface area contributed by atoms with Gasteiger partial charge in [-0.15, -0.1) is 0 Å². The van der Waals surface area contributed by atoms with Gasteiger partial charge in [0.15, 0.2) is 0 Å². The van der Waals surface area contributed by atoms with E-state index in [1.165, 1.54) is 12.1 Å². The average Bonchev–Trinajstić information content (AvgIpc) is 2.83. The zero-order chi connectivity index (χ0) is 25.8. The fourth-order valence-electron chi connectivity index (χ4n) is 3.51. The van der Waals surface area contributed by atoms with E-state index in [1.54, 1.807) is 43.5 Å². The van der Waals surface area contributed by atoms with Crippen molar-refractivity contribution in [1.29, 1.82) is 10.8 Å². The fourth-order valence-corrected chi connectivity index (χ4v) is 4.46. The first-order valence-electron chi connectivity index (χ1n) is 11.5. The lowest BCUT2D eigenvalue weighted by atomic mass is 10.1. The van der Waals surface area contributed by atoms with Gasteiger partial charge >= 0.3 is 0 Å². The monoisotopic (exact) mass is 509 g/mol. The van der Waals surface area contributed by atoms with Gasteiger partial charge in [-0.25, -0.2) is 9.37 Å². The van der Waals surface area contributed by atoms with Crippen molar-refractivity contribution in [2.75, 3.05) is 13.2 Å². The number of aromatic nitrogens is 2. The Labute approximate surface area is 211 Å². The zero-order valence-electron chi connectivity index (χ0n) is 20.3. The summed E-state index contributed by atoms with van der Waals surface area (Å²) in [5.74, 6) is -1.50. The van der Waals surface area contributed by atoms with Gasteiger partial charge in [0.25, 0.3) is 0 Å². The summed E-state index contributed by atoms with van der Waals surface area (Å²) in [5.41, 5.74) is 2.51. The molecule has 1 atom stereocenters. The minimum Gasteiger partial charge on any atom is -0.419 e. The summed E-state index contributed by atoms with van der Waals surface area (Å²) in [4.78, 5) is 9.53. The van der Waals surface area contributed by atoms with E-state index in [4.69, 9.17) is 20.3 Å². The van der Waals surface area contributed by atoms with E-state index in [2.05, 4.69) is 15.3 Å². The maximum Gasteiger partial charge on any atom is 0.241 e. The average molecular weight is 510 g/mol. The number of rotatable bonds is 8. The Morgan fingerprint density at radius 1 is 1.19 bits per heavy atom. The van der Waals surface area contributed by atoms with Crippen LogP contribution in [0.3, 0.4) is 0 Å². The van der Waals surface area contributed by atoms with Crippen molar-refractivity contribution in [3.63, 3.8) is 0 Å². The summed E-state index contributed by atoms with van der Waals surface area (Å²) in [6.45, 7) is 7.26. The highest BCUT2D eigenvalue weighted by molar-refractivity contribution is 7.85. The van der Waals surface area contributed by atoms with Crippen molar-refractivity contribution in [3.8, 4) is 11.3 Å². The summed E-state index contributed by atoms with van der Waals surface area (Å²) < 4.78 is 37.5. The molecule has 10 heteroatoms. The number of aryl methyl sites for hydroxylation is 1. The molecule has 188 valence electrons. The molecule has 1 aliphatic heterocycles. The molecule has 4 rings (SSSR count). The van der Waals surface area contributed by atoms with Crippen LogP contribution in [0.2, 0.25) is 0 Å². The minimum atomic E-state index is -1.10. The van der Waals surface area contributed by atoms with Gasteiger partial charge in [0.2, 0.25) is 11.8 Å². The lowest BCUT2D eigenvalue weighted by molar-refractivity contribution is -0.00579. The molecule has 0 radical (unpaired) electrons. The Morgan fingerprint density at radius 3 is 2.53 bits per heavy atom. The lowest BCUT2D eigenvalue weighted by Gasteiger charge is -2.27. The molecule has 36 heavy (non-hydrogen) atoms. The molecule has 2 aromatic carbocycles. The largest absolute Gasteiger partial charge is 0.419 e. The molecule has 0 aliphatic carbocycles. The molecule has 3 N–H and O–H groups in total. The summed E-state index contributed by atoms with van der Waals surface area (Å²) in [7, 11) is -1.10. The van der Waals surface area contributed by atoms with Crippen LogP contribution in [-0.4, -0.2) is 50.5 Å². The van der Waals surface area contributed by atoms with Crippen molar-refractivity contribution in [2.45, 2.75) is 43.5 Å². The number of hydrogen-bond acceptors (Lipinski definition) is 8. The standard InChI is InChI=1S/C26H28FN5O3S/c1-15(2)36(33)20-7-5-18(6-8-20)23-12-30-16(3)24(32-23)26(29)35-25(28)21-9-4-17(10-22(21)27)11-31-19-13-34-14-19/h4-10,12,15,19,28-29,31H,11,13-14H2,1-3H3. The highest BCUT2D eigenvalue weighted by Gasteiger charge is 2.19. The van der Waals surface area contributed by atoms with E-state index in [-0.39, 0.29) is 22.5 Å². The molecule has 1 saturated heterocycles. The molecule has 1 unspecified atom stereocenters. The number of ether oxygens (including phenoxy) is 2. The summed E-state index contributed by atoms with van der Waals surface area (Å²) in [5, 5.41) is 19.8. The van der Waals surface area contributed by atoms with Crippen LogP contribution < -0.4 is 5.32 Å². The molecule has 1 fully saturated rings. The third-order valence-electron chi connectivity index (χ3n) is 5.70. The van der Waals surface area contributed by atoms with Crippen LogP contribution in [0.4, 0.5) is 4.39 Å². The van der Waals surface area contributed by atoms with Gasteiger partial charge in [-0.1, -0.05) is 32.0 Å². The molecule has 0 bridgehead atoms. The molecule has 1 aliphatic rings. The van der Waals surface area contributed by atoms with E-state index in [1.807, 2.05) is 13.8 Å². The third-order valence-corrected chi connectivity index (χ3v) is 7.29. The van der Waals surface area contributed by atoms with Crippen LogP contribution in [0, 0.1) is 23.6 Å². The first-order chi connectivity index (χ1) is 17.2. The molecule has 8 nitrogen and oxygen atoms in total. The Morgan fingerprint density at radius 2 is 1.92 bits per heavy atom. The lowest BCUT2D eigenvalue weighted by Crippen LogP contribution is -2.45. The van der Waals surface area contributed by atoms with Crippen molar-refractivity contribution in [1.82, 2.24) is 15.3 Å². The van der Waals surface area contributed by atoms with Gasteiger partial charge in [0.1, 0.15) is 11.5 Å². The van der Waals surface area contributed by atoms with Crippen LogP contribution in [0.25, 0.3) is 11.3 Å². The second-order valence-electron chi connectivity index (χ2n) is 8.75. The quantitative estimate of drug-likeness (QED) is 0.312. The number of halogens is 1. The maximum atomic E-state index is 14.7. The first kappa shape index (κ1) is 25.7. The fraction of sp³-hybridized carbons (Fsp3) is 0.308. The second-order valence-corrected chi connectivity index (χ2v) is 10.8.